The number of ketones is 1. The number of hydrogen-bond acceptors (Lipinski definition) is 3. The molecule has 0 radical (unpaired) electrons. The first-order chi connectivity index (χ1) is 15.0. The van der Waals surface area contributed by atoms with Gasteiger partial charge >= 0.3 is 0 Å². The minimum atomic E-state index is -0.0322. The number of fused-ring (bicyclic) bond motifs is 6. The maximum Gasteiger partial charge on any atom is 0.139 e. The van der Waals surface area contributed by atoms with Crippen LogP contribution in [0.15, 0.2) is 36.4 Å². The highest BCUT2D eigenvalue weighted by Gasteiger charge is 2.54. The summed E-state index contributed by atoms with van der Waals surface area (Å²) in [4.78, 5) is 12.3. The van der Waals surface area contributed by atoms with Crippen LogP contribution in [-0.2, 0) is 24.1 Å². The van der Waals surface area contributed by atoms with Crippen LogP contribution in [0.5, 0.6) is 11.5 Å². The average molecular weight is 419 g/mol. The molecule has 0 heterocycles. The van der Waals surface area contributed by atoms with Crippen molar-refractivity contribution >= 4 is 5.78 Å². The number of Topliss-reactive ketones (excluding diaryl/α,β-unsaturated/α-hetero) is 1. The van der Waals surface area contributed by atoms with Crippen LogP contribution >= 0.6 is 0 Å². The van der Waals surface area contributed by atoms with Crippen molar-refractivity contribution in [2.45, 2.75) is 77.0 Å². The lowest BCUT2D eigenvalue weighted by Gasteiger charge is -2.48. The number of benzene rings is 2. The molecule has 0 saturated heterocycles. The highest BCUT2D eigenvalue weighted by Crippen LogP contribution is 2.59. The highest BCUT2D eigenvalue weighted by atomic mass is 16.3. The number of carbonyl (C=O) groups excluding carboxylic acids is 1. The molecular formula is C28H34O3. The molecule has 6 rings (SSSR count). The van der Waals surface area contributed by atoms with Crippen LogP contribution in [0.4, 0.5) is 0 Å². The van der Waals surface area contributed by atoms with Crippen molar-refractivity contribution in [1.29, 1.82) is 0 Å². The molecule has 3 heteroatoms. The molecule has 3 unspecified atom stereocenters. The normalized spacial score (nSPS) is 30.9. The quantitative estimate of drug-likeness (QED) is 0.544. The number of phenols is 2. The molecule has 164 valence electrons. The van der Waals surface area contributed by atoms with Gasteiger partial charge in [-0.1, -0.05) is 19.1 Å². The smallest absolute Gasteiger partial charge is 0.139 e. The minimum absolute atomic E-state index is 0.0322. The van der Waals surface area contributed by atoms with Crippen LogP contribution < -0.4 is 0 Å². The lowest BCUT2D eigenvalue weighted by molar-refractivity contribution is -0.129. The van der Waals surface area contributed by atoms with Crippen LogP contribution in [0.3, 0.4) is 0 Å². The highest BCUT2D eigenvalue weighted by molar-refractivity contribution is 5.87. The van der Waals surface area contributed by atoms with Gasteiger partial charge in [-0.05, 0) is 122 Å². The molecule has 2 N–H and O–H groups in total. The van der Waals surface area contributed by atoms with Gasteiger partial charge in [-0.15, -0.1) is 0 Å². The van der Waals surface area contributed by atoms with E-state index < -0.39 is 0 Å². The molecule has 2 aromatic carbocycles. The van der Waals surface area contributed by atoms with E-state index in [0.29, 0.717) is 35.0 Å². The molecule has 0 bridgehead atoms. The summed E-state index contributed by atoms with van der Waals surface area (Å²) in [6, 6.07) is 11.6. The molecule has 2 aromatic rings. The van der Waals surface area contributed by atoms with Crippen molar-refractivity contribution in [3.05, 3.63) is 58.7 Å². The van der Waals surface area contributed by atoms with Crippen LogP contribution in [0.25, 0.3) is 0 Å². The first kappa shape index (κ1) is 20.6. The van der Waals surface area contributed by atoms with Crippen molar-refractivity contribution in [2.24, 2.45) is 17.3 Å². The van der Waals surface area contributed by atoms with E-state index in [-0.39, 0.29) is 5.41 Å². The van der Waals surface area contributed by atoms with E-state index in [2.05, 4.69) is 13.0 Å². The number of carbonyl (C=O) groups is 1. The molecule has 3 nitrogen and oxygen atoms in total. The molecule has 0 spiro atoms. The third-order valence-corrected chi connectivity index (χ3v) is 8.75. The molecule has 4 atom stereocenters. The van der Waals surface area contributed by atoms with Crippen molar-refractivity contribution in [1.82, 2.24) is 0 Å². The van der Waals surface area contributed by atoms with E-state index in [4.69, 9.17) is 0 Å². The van der Waals surface area contributed by atoms with Gasteiger partial charge in [-0.3, -0.25) is 4.79 Å². The summed E-state index contributed by atoms with van der Waals surface area (Å²) in [5.74, 6) is 3.19. The molecule has 31 heavy (non-hydrogen) atoms. The Labute approximate surface area is 185 Å². The predicted octanol–water partition coefficient (Wildman–Crippen LogP) is 6.09. The van der Waals surface area contributed by atoms with E-state index in [9.17, 15) is 15.0 Å². The van der Waals surface area contributed by atoms with E-state index >= 15 is 0 Å². The third kappa shape index (κ3) is 3.66. The second-order valence-corrected chi connectivity index (χ2v) is 10.4. The number of rotatable bonds is 0. The lowest BCUT2D eigenvalue weighted by atomic mass is 9.55. The van der Waals surface area contributed by atoms with Crippen LogP contribution in [-0.4, -0.2) is 16.0 Å². The Kier molecular flexibility index (Phi) is 5.32. The molecule has 0 aliphatic heterocycles. The van der Waals surface area contributed by atoms with Crippen molar-refractivity contribution in [3.8, 4) is 11.5 Å². The topological polar surface area (TPSA) is 57.5 Å². The zero-order valence-electron chi connectivity index (χ0n) is 18.6. The number of hydrogen-bond donors (Lipinski definition) is 2. The largest absolute Gasteiger partial charge is 0.508 e. The maximum absolute atomic E-state index is 12.3. The first-order valence-corrected chi connectivity index (χ1v) is 12.1. The Balaban J connectivity index is 0.000000157. The Morgan fingerprint density at radius 3 is 2.32 bits per heavy atom. The molecular weight excluding hydrogens is 384 g/mol. The zero-order chi connectivity index (χ0) is 21.6. The molecule has 0 aromatic heterocycles. The SMILES string of the molecule is C[C@]12CCC3c4ccc(O)cc4CCC3C1CCC2=O.Oc1ccc2c(c1)CCCC2. The van der Waals surface area contributed by atoms with Gasteiger partial charge in [0.2, 0.25) is 0 Å². The summed E-state index contributed by atoms with van der Waals surface area (Å²) in [7, 11) is 0. The van der Waals surface area contributed by atoms with E-state index in [1.165, 1.54) is 47.9 Å². The fourth-order valence-electron chi connectivity index (χ4n) is 7.06. The molecule has 2 fully saturated rings. The molecule has 2 saturated carbocycles. The standard InChI is InChI=1S/C18H22O2.C10H12O/c1-18-9-8-14-13-5-3-12(19)10-11(13)2-4-15(14)16(18)6-7-17(18)20;11-10-6-5-8-3-1-2-4-9(8)7-10/h3,5,10,14-16,19H,2,4,6-9H2,1H3;5-7,11H,1-4H2/t14?,15?,16?,18-;/m0./s1. The van der Waals surface area contributed by atoms with Gasteiger partial charge in [0, 0.05) is 11.8 Å². The number of phenolic OH excluding ortho intramolecular Hbond substituents is 2. The Morgan fingerprint density at radius 1 is 0.806 bits per heavy atom. The summed E-state index contributed by atoms with van der Waals surface area (Å²) in [5, 5.41) is 18.9. The monoisotopic (exact) mass is 418 g/mol. The fourth-order valence-corrected chi connectivity index (χ4v) is 7.06. The third-order valence-electron chi connectivity index (χ3n) is 8.75. The summed E-state index contributed by atoms with van der Waals surface area (Å²) >= 11 is 0. The Bertz CT molecular complexity index is 994. The van der Waals surface area contributed by atoms with Crippen molar-refractivity contribution in [3.63, 3.8) is 0 Å². The summed E-state index contributed by atoms with van der Waals surface area (Å²) in [6.45, 7) is 2.22. The van der Waals surface area contributed by atoms with Gasteiger partial charge in [-0.2, -0.15) is 0 Å². The zero-order valence-corrected chi connectivity index (χ0v) is 18.6. The Hall–Kier alpha value is -2.29. The van der Waals surface area contributed by atoms with Crippen LogP contribution in [0, 0.1) is 17.3 Å². The summed E-state index contributed by atoms with van der Waals surface area (Å²) < 4.78 is 0. The summed E-state index contributed by atoms with van der Waals surface area (Å²) in [6.07, 6.45) is 11.3. The van der Waals surface area contributed by atoms with Gasteiger partial charge in [0.05, 0.1) is 0 Å². The number of aryl methyl sites for hydroxylation is 3. The Morgan fingerprint density at radius 2 is 1.52 bits per heavy atom. The second-order valence-electron chi connectivity index (χ2n) is 10.4. The second kappa shape index (κ2) is 8.00. The minimum Gasteiger partial charge on any atom is -0.508 e. The summed E-state index contributed by atoms with van der Waals surface area (Å²) in [5.41, 5.74) is 5.51. The van der Waals surface area contributed by atoms with Crippen LogP contribution in [0.1, 0.15) is 80.0 Å². The van der Waals surface area contributed by atoms with Crippen molar-refractivity contribution in [2.75, 3.05) is 0 Å². The van der Waals surface area contributed by atoms with Crippen LogP contribution in [0.2, 0.25) is 0 Å². The molecule has 0 amide bonds. The van der Waals surface area contributed by atoms with E-state index in [1.807, 2.05) is 24.3 Å². The van der Waals surface area contributed by atoms with Gasteiger partial charge in [-0.25, -0.2) is 0 Å². The molecule has 4 aliphatic carbocycles. The fraction of sp³-hybridized carbons (Fsp3) is 0.536. The predicted molar refractivity (Wildman–Crippen MR) is 122 cm³/mol. The van der Waals surface area contributed by atoms with Gasteiger partial charge in [0.25, 0.3) is 0 Å². The first-order valence-electron chi connectivity index (χ1n) is 12.1. The van der Waals surface area contributed by atoms with Gasteiger partial charge < -0.3 is 10.2 Å². The number of aromatic hydroxyl groups is 2. The maximum atomic E-state index is 12.3. The molecule has 4 aliphatic rings. The van der Waals surface area contributed by atoms with Gasteiger partial charge in [0.1, 0.15) is 17.3 Å². The average Bonchev–Trinajstić information content (AvgIpc) is 3.08. The van der Waals surface area contributed by atoms with E-state index in [0.717, 1.165) is 38.5 Å². The van der Waals surface area contributed by atoms with Crippen molar-refractivity contribution < 1.29 is 15.0 Å². The van der Waals surface area contributed by atoms with Gasteiger partial charge in [0.15, 0.2) is 0 Å². The van der Waals surface area contributed by atoms with E-state index in [1.54, 1.807) is 6.07 Å². The lowest BCUT2D eigenvalue weighted by Crippen LogP contribution is -2.42.